The first-order valence-corrected chi connectivity index (χ1v) is 7.06. The van der Waals surface area contributed by atoms with Crippen molar-refractivity contribution in [1.29, 1.82) is 5.26 Å². The van der Waals surface area contributed by atoms with Crippen LogP contribution in [0.1, 0.15) is 11.1 Å². The molecule has 0 unspecified atom stereocenters. The van der Waals surface area contributed by atoms with E-state index in [1.807, 2.05) is 24.3 Å². The summed E-state index contributed by atoms with van der Waals surface area (Å²) in [5, 5.41) is 17.8. The molecule has 5 nitrogen and oxygen atoms in total. The van der Waals surface area contributed by atoms with Crippen molar-refractivity contribution >= 4 is 5.97 Å². The average molecular weight is 293 g/mol. The molecule has 2 heterocycles. The standard InChI is InChI=1S/C17H15N3O2/c18-8-13-5-6-19-16(7-13)14-3-1-12(2-4-14)9-20-10-15(11-20)17(21)22/h1-7,15H,9-11H2,(H,21,22). The molecule has 1 aromatic carbocycles. The van der Waals surface area contributed by atoms with Crippen LogP contribution in [0.5, 0.6) is 0 Å². The van der Waals surface area contributed by atoms with Crippen molar-refractivity contribution in [3.8, 4) is 17.3 Å². The summed E-state index contributed by atoms with van der Waals surface area (Å²) in [4.78, 5) is 17.2. The molecule has 5 heteroatoms. The number of nitriles is 1. The second kappa shape index (κ2) is 5.96. The predicted molar refractivity (Wildman–Crippen MR) is 80.8 cm³/mol. The molecule has 1 N–H and O–H groups in total. The fourth-order valence-corrected chi connectivity index (χ4v) is 2.55. The van der Waals surface area contributed by atoms with Gasteiger partial charge in [0.15, 0.2) is 0 Å². The summed E-state index contributed by atoms with van der Waals surface area (Å²) in [6, 6.07) is 13.6. The molecule has 1 aliphatic rings. The van der Waals surface area contributed by atoms with Gasteiger partial charge in [-0.25, -0.2) is 0 Å². The van der Waals surface area contributed by atoms with Gasteiger partial charge in [-0.3, -0.25) is 14.7 Å². The topological polar surface area (TPSA) is 77.2 Å². The number of carboxylic acid groups (broad SMARTS) is 1. The number of carboxylic acids is 1. The molecule has 3 rings (SSSR count). The number of aromatic nitrogens is 1. The van der Waals surface area contributed by atoms with Crippen molar-refractivity contribution in [3.05, 3.63) is 53.7 Å². The molecule has 1 aliphatic heterocycles. The number of nitrogens with zero attached hydrogens (tertiary/aromatic N) is 3. The molecule has 0 atom stereocenters. The summed E-state index contributed by atoms with van der Waals surface area (Å²) in [6.07, 6.45) is 1.63. The van der Waals surface area contributed by atoms with E-state index in [0.29, 0.717) is 18.7 Å². The highest BCUT2D eigenvalue weighted by Crippen LogP contribution is 2.22. The van der Waals surface area contributed by atoms with Crippen LogP contribution in [0.15, 0.2) is 42.6 Å². The second-order valence-corrected chi connectivity index (χ2v) is 5.47. The molecule has 0 spiro atoms. The Hall–Kier alpha value is -2.71. The summed E-state index contributed by atoms with van der Waals surface area (Å²) >= 11 is 0. The van der Waals surface area contributed by atoms with E-state index in [0.717, 1.165) is 23.4 Å². The normalized spacial score (nSPS) is 15.0. The molecule has 0 radical (unpaired) electrons. The van der Waals surface area contributed by atoms with E-state index in [-0.39, 0.29) is 5.92 Å². The van der Waals surface area contributed by atoms with Gasteiger partial charge in [-0.05, 0) is 17.7 Å². The van der Waals surface area contributed by atoms with Crippen molar-refractivity contribution in [2.45, 2.75) is 6.54 Å². The average Bonchev–Trinajstić information content (AvgIpc) is 2.50. The van der Waals surface area contributed by atoms with E-state index in [1.54, 1.807) is 18.3 Å². The number of carbonyl (C=O) groups is 1. The largest absolute Gasteiger partial charge is 0.481 e. The predicted octanol–water partition coefficient (Wildman–Crippen LogP) is 2.14. The molecule has 22 heavy (non-hydrogen) atoms. The zero-order valence-electron chi connectivity index (χ0n) is 11.9. The van der Waals surface area contributed by atoms with E-state index in [2.05, 4.69) is 16.0 Å². The molecule has 1 fully saturated rings. The van der Waals surface area contributed by atoms with E-state index < -0.39 is 5.97 Å². The monoisotopic (exact) mass is 293 g/mol. The van der Waals surface area contributed by atoms with Gasteiger partial charge >= 0.3 is 5.97 Å². The highest BCUT2D eigenvalue weighted by Gasteiger charge is 2.31. The number of likely N-dealkylation sites (tertiary alicyclic amines) is 1. The molecular formula is C17H15N3O2. The van der Waals surface area contributed by atoms with Gasteiger partial charge in [-0.15, -0.1) is 0 Å². The van der Waals surface area contributed by atoms with Crippen LogP contribution < -0.4 is 0 Å². The van der Waals surface area contributed by atoms with Crippen molar-refractivity contribution in [2.75, 3.05) is 13.1 Å². The third kappa shape index (κ3) is 2.97. The lowest BCUT2D eigenvalue weighted by Gasteiger charge is -2.36. The second-order valence-electron chi connectivity index (χ2n) is 5.47. The van der Waals surface area contributed by atoms with Gasteiger partial charge in [0.1, 0.15) is 0 Å². The zero-order chi connectivity index (χ0) is 15.5. The molecule has 0 saturated carbocycles. The Morgan fingerprint density at radius 1 is 1.32 bits per heavy atom. The zero-order valence-corrected chi connectivity index (χ0v) is 11.9. The maximum Gasteiger partial charge on any atom is 0.309 e. The van der Waals surface area contributed by atoms with Crippen LogP contribution in [0.25, 0.3) is 11.3 Å². The van der Waals surface area contributed by atoms with Gasteiger partial charge in [0, 0.05) is 31.4 Å². The van der Waals surface area contributed by atoms with Crippen LogP contribution in [0.2, 0.25) is 0 Å². The van der Waals surface area contributed by atoms with E-state index in [1.165, 1.54) is 0 Å². The maximum absolute atomic E-state index is 10.8. The fourth-order valence-electron chi connectivity index (χ4n) is 2.55. The van der Waals surface area contributed by atoms with Crippen LogP contribution >= 0.6 is 0 Å². The molecule has 0 bridgehead atoms. The van der Waals surface area contributed by atoms with Gasteiger partial charge < -0.3 is 5.11 Å². The Kier molecular flexibility index (Phi) is 3.86. The van der Waals surface area contributed by atoms with E-state index in [4.69, 9.17) is 10.4 Å². The molecule has 0 amide bonds. The minimum atomic E-state index is -0.713. The van der Waals surface area contributed by atoms with Crippen LogP contribution in [0.3, 0.4) is 0 Å². The third-order valence-corrected chi connectivity index (χ3v) is 3.85. The smallest absolute Gasteiger partial charge is 0.309 e. The van der Waals surface area contributed by atoms with Crippen LogP contribution in [-0.4, -0.2) is 34.0 Å². The Morgan fingerprint density at radius 2 is 2.05 bits per heavy atom. The van der Waals surface area contributed by atoms with Gasteiger partial charge in [-0.1, -0.05) is 24.3 Å². The van der Waals surface area contributed by atoms with Crippen molar-refractivity contribution < 1.29 is 9.90 Å². The number of rotatable bonds is 4. The molecule has 0 aliphatic carbocycles. The Balaban J connectivity index is 1.66. The fraction of sp³-hybridized carbons (Fsp3) is 0.235. The van der Waals surface area contributed by atoms with Crippen LogP contribution in [0.4, 0.5) is 0 Å². The number of hydrogen-bond donors (Lipinski definition) is 1. The highest BCUT2D eigenvalue weighted by molar-refractivity contribution is 5.71. The van der Waals surface area contributed by atoms with Crippen molar-refractivity contribution in [3.63, 3.8) is 0 Å². The molecular weight excluding hydrogens is 278 g/mol. The summed E-state index contributed by atoms with van der Waals surface area (Å²) in [5.74, 6) is -0.938. The van der Waals surface area contributed by atoms with Crippen molar-refractivity contribution in [2.24, 2.45) is 5.92 Å². The van der Waals surface area contributed by atoms with E-state index >= 15 is 0 Å². The quantitative estimate of drug-likeness (QED) is 0.934. The first-order valence-electron chi connectivity index (χ1n) is 7.06. The first-order chi connectivity index (χ1) is 10.7. The third-order valence-electron chi connectivity index (χ3n) is 3.85. The minimum absolute atomic E-state index is 0.225. The summed E-state index contributed by atoms with van der Waals surface area (Å²) < 4.78 is 0. The van der Waals surface area contributed by atoms with Gasteiger partial charge in [0.2, 0.25) is 0 Å². The molecule has 110 valence electrons. The lowest BCUT2D eigenvalue weighted by atomic mass is 9.99. The Labute approximate surface area is 128 Å². The highest BCUT2D eigenvalue weighted by atomic mass is 16.4. The molecule has 1 aromatic heterocycles. The maximum atomic E-state index is 10.8. The number of hydrogen-bond acceptors (Lipinski definition) is 4. The minimum Gasteiger partial charge on any atom is -0.481 e. The van der Waals surface area contributed by atoms with Gasteiger partial charge in [0.25, 0.3) is 0 Å². The molecule has 2 aromatic rings. The van der Waals surface area contributed by atoms with Crippen molar-refractivity contribution in [1.82, 2.24) is 9.88 Å². The number of aliphatic carboxylic acids is 1. The first kappa shape index (κ1) is 14.2. The summed E-state index contributed by atoms with van der Waals surface area (Å²) in [7, 11) is 0. The van der Waals surface area contributed by atoms with E-state index in [9.17, 15) is 4.79 Å². The van der Waals surface area contributed by atoms with Gasteiger partial charge in [0.05, 0.1) is 23.2 Å². The van der Waals surface area contributed by atoms with Crippen LogP contribution in [0, 0.1) is 17.2 Å². The summed E-state index contributed by atoms with van der Waals surface area (Å²) in [6.45, 7) is 1.99. The van der Waals surface area contributed by atoms with Crippen LogP contribution in [-0.2, 0) is 11.3 Å². The van der Waals surface area contributed by atoms with Gasteiger partial charge in [-0.2, -0.15) is 5.26 Å². The Bertz CT molecular complexity index is 728. The summed E-state index contributed by atoms with van der Waals surface area (Å²) in [5.41, 5.74) is 3.48. The number of pyridine rings is 1. The lowest BCUT2D eigenvalue weighted by Crippen LogP contribution is -2.49. The SMILES string of the molecule is N#Cc1ccnc(-c2ccc(CN3CC(C(=O)O)C3)cc2)c1. The Morgan fingerprint density at radius 3 is 2.68 bits per heavy atom. The molecule has 1 saturated heterocycles. The number of benzene rings is 1. The lowest BCUT2D eigenvalue weighted by molar-refractivity contribution is -0.147.